The number of aromatic nitrogens is 1. The summed E-state index contributed by atoms with van der Waals surface area (Å²) in [4.78, 5) is 30.0. The Hall–Kier alpha value is -3.19. The molecule has 2 N–H and O–H groups in total. The number of hydrogen-bond acceptors (Lipinski definition) is 5. The summed E-state index contributed by atoms with van der Waals surface area (Å²) in [6.45, 7) is 4.64. The fraction of sp³-hybridized carbons (Fsp3) is 0.393. The molecule has 1 fully saturated rings. The van der Waals surface area contributed by atoms with Crippen LogP contribution in [0.25, 0.3) is 0 Å². The van der Waals surface area contributed by atoms with Crippen molar-refractivity contribution in [3.63, 3.8) is 0 Å². The Morgan fingerprint density at radius 2 is 1.69 bits per heavy atom. The first-order valence-electron chi connectivity index (χ1n) is 12.3. The van der Waals surface area contributed by atoms with Gasteiger partial charge in [-0.15, -0.1) is 11.3 Å². The van der Waals surface area contributed by atoms with E-state index in [4.69, 9.17) is 4.74 Å². The van der Waals surface area contributed by atoms with Gasteiger partial charge < -0.3 is 15.4 Å². The largest absolute Gasteiger partial charge is 0.486 e. The number of rotatable bonds is 9. The fourth-order valence-electron chi connectivity index (χ4n) is 4.33. The summed E-state index contributed by atoms with van der Waals surface area (Å²) in [5.41, 5.74) is 2.64. The van der Waals surface area contributed by atoms with Crippen molar-refractivity contribution in [1.29, 1.82) is 0 Å². The van der Waals surface area contributed by atoms with Crippen molar-refractivity contribution in [2.24, 2.45) is 0 Å². The molecule has 0 aliphatic heterocycles. The fourth-order valence-corrected chi connectivity index (χ4v) is 5.02. The SMILES string of the molecule is CC(C)c1ccc(OCc2nc(C(=O)NC3CCCCC3NC(=O)Cc3ccccc3)cs2)cc1. The van der Waals surface area contributed by atoms with Crippen molar-refractivity contribution in [3.05, 3.63) is 81.8 Å². The van der Waals surface area contributed by atoms with Gasteiger partial charge in [0.1, 0.15) is 23.1 Å². The van der Waals surface area contributed by atoms with E-state index in [1.54, 1.807) is 5.38 Å². The van der Waals surface area contributed by atoms with E-state index in [2.05, 4.69) is 41.6 Å². The van der Waals surface area contributed by atoms with Gasteiger partial charge in [0, 0.05) is 17.5 Å². The third-order valence-corrected chi connectivity index (χ3v) is 7.15. The number of nitrogens with zero attached hydrogens (tertiary/aromatic N) is 1. The van der Waals surface area contributed by atoms with Gasteiger partial charge in [0.25, 0.3) is 5.91 Å². The lowest BCUT2D eigenvalue weighted by Crippen LogP contribution is -2.53. The molecule has 6 nitrogen and oxygen atoms in total. The van der Waals surface area contributed by atoms with Crippen molar-refractivity contribution in [2.45, 2.75) is 70.6 Å². The standard InChI is InChI=1S/C28H33N3O3S/c1-19(2)21-12-14-22(15-13-21)34-17-27-30-25(18-35-27)28(33)31-24-11-7-6-10-23(24)29-26(32)16-20-8-4-3-5-9-20/h3-5,8-9,12-15,18-19,23-24H,6-7,10-11,16-17H2,1-2H3,(H,29,32)(H,31,33). The maximum absolute atomic E-state index is 12.9. The molecular weight excluding hydrogens is 458 g/mol. The second-order valence-corrected chi connectivity index (χ2v) is 10.3. The third-order valence-electron chi connectivity index (χ3n) is 6.33. The van der Waals surface area contributed by atoms with Gasteiger partial charge in [-0.1, -0.05) is 69.2 Å². The van der Waals surface area contributed by atoms with Crippen LogP contribution in [-0.2, 0) is 17.8 Å². The summed E-state index contributed by atoms with van der Waals surface area (Å²) in [7, 11) is 0. The number of amides is 2. The Balaban J connectivity index is 1.29. The summed E-state index contributed by atoms with van der Waals surface area (Å²) >= 11 is 1.41. The van der Waals surface area contributed by atoms with Gasteiger partial charge in [-0.05, 0) is 42.0 Å². The molecule has 1 heterocycles. The zero-order chi connectivity index (χ0) is 24.6. The predicted octanol–water partition coefficient (Wildman–Crippen LogP) is 5.25. The van der Waals surface area contributed by atoms with E-state index in [1.807, 2.05) is 42.5 Å². The zero-order valence-corrected chi connectivity index (χ0v) is 21.1. The van der Waals surface area contributed by atoms with Gasteiger partial charge in [-0.25, -0.2) is 4.98 Å². The zero-order valence-electron chi connectivity index (χ0n) is 20.3. The van der Waals surface area contributed by atoms with E-state index in [1.165, 1.54) is 16.9 Å². The van der Waals surface area contributed by atoms with Crippen LogP contribution in [0, 0.1) is 0 Å². The monoisotopic (exact) mass is 491 g/mol. The summed E-state index contributed by atoms with van der Waals surface area (Å²) in [6.07, 6.45) is 4.11. The summed E-state index contributed by atoms with van der Waals surface area (Å²) in [6, 6.07) is 17.6. The van der Waals surface area contributed by atoms with E-state index in [9.17, 15) is 9.59 Å². The topological polar surface area (TPSA) is 80.3 Å². The highest BCUT2D eigenvalue weighted by Crippen LogP contribution is 2.22. The van der Waals surface area contributed by atoms with Gasteiger partial charge in [0.15, 0.2) is 0 Å². The molecule has 2 atom stereocenters. The molecule has 0 bridgehead atoms. The normalized spacial score (nSPS) is 17.7. The Morgan fingerprint density at radius 3 is 2.37 bits per heavy atom. The van der Waals surface area contributed by atoms with Crippen molar-refractivity contribution in [2.75, 3.05) is 0 Å². The molecule has 0 radical (unpaired) electrons. The molecular formula is C28H33N3O3S. The first-order valence-corrected chi connectivity index (χ1v) is 13.2. The number of thiazole rings is 1. The number of carbonyl (C=O) groups excluding carboxylic acids is 2. The van der Waals surface area contributed by atoms with Crippen LogP contribution in [0.3, 0.4) is 0 Å². The molecule has 2 unspecified atom stereocenters. The van der Waals surface area contributed by atoms with E-state index < -0.39 is 0 Å². The Morgan fingerprint density at radius 1 is 1.00 bits per heavy atom. The van der Waals surface area contributed by atoms with Crippen molar-refractivity contribution >= 4 is 23.2 Å². The average Bonchev–Trinajstić information content (AvgIpc) is 3.34. The molecule has 184 valence electrons. The molecule has 1 aliphatic rings. The van der Waals surface area contributed by atoms with Crippen molar-refractivity contribution < 1.29 is 14.3 Å². The third kappa shape index (κ3) is 7.15. The van der Waals surface area contributed by atoms with Crippen LogP contribution in [0.1, 0.15) is 72.1 Å². The molecule has 7 heteroatoms. The minimum Gasteiger partial charge on any atom is -0.486 e. The smallest absolute Gasteiger partial charge is 0.271 e. The lowest BCUT2D eigenvalue weighted by Gasteiger charge is -2.32. The first-order chi connectivity index (χ1) is 17.0. The number of hydrogen-bond donors (Lipinski definition) is 2. The number of carbonyl (C=O) groups is 2. The van der Waals surface area contributed by atoms with Crippen LogP contribution in [-0.4, -0.2) is 28.9 Å². The molecule has 3 aromatic rings. The van der Waals surface area contributed by atoms with Gasteiger partial charge in [-0.3, -0.25) is 9.59 Å². The molecule has 4 rings (SSSR count). The van der Waals surface area contributed by atoms with E-state index in [-0.39, 0.29) is 23.9 Å². The average molecular weight is 492 g/mol. The Labute approximate surface area is 211 Å². The second kappa shape index (κ2) is 12.0. The van der Waals surface area contributed by atoms with Crippen LogP contribution in [0.2, 0.25) is 0 Å². The van der Waals surface area contributed by atoms with Gasteiger partial charge in [-0.2, -0.15) is 0 Å². The first kappa shape index (κ1) is 24.9. The van der Waals surface area contributed by atoms with E-state index in [0.717, 1.165) is 42.0 Å². The summed E-state index contributed by atoms with van der Waals surface area (Å²) in [5, 5.41) is 8.76. The van der Waals surface area contributed by atoms with Crippen LogP contribution in [0.4, 0.5) is 0 Å². The molecule has 1 aromatic heterocycles. The van der Waals surface area contributed by atoms with Crippen molar-refractivity contribution in [1.82, 2.24) is 15.6 Å². The van der Waals surface area contributed by atoms with Gasteiger partial charge in [0.05, 0.1) is 6.42 Å². The van der Waals surface area contributed by atoms with Crippen LogP contribution in [0.5, 0.6) is 5.75 Å². The number of benzene rings is 2. The highest BCUT2D eigenvalue weighted by atomic mass is 32.1. The molecule has 35 heavy (non-hydrogen) atoms. The van der Waals surface area contributed by atoms with Crippen LogP contribution in [0.15, 0.2) is 60.0 Å². The molecule has 2 aromatic carbocycles. The molecule has 0 spiro atoms. The quantitative estimate of drug-likeness (QED) is 0.429. The molecule has 1 aliphatic carbocycles. The highest BCUT2D eigenvalue weighted by molar-refractivity contribution is 7.09. The Bertz CT molecular complexity index is 1110. The maximum atomic E-state index is 12.9. The van der Waals surface area contributed by atoms with E-state index in [0.29, 0.717) is 24.6 Å². The number of ether oxygens (including phenoxy) is 1. The van der Waals surface area contributed by atoms with Gasteiger partial charge >= 0.3 is 0 Å². The Kier molecular flexibility index (Phi) is 8.53. The van der Waals surface area contributed by atoms with Crippen LogP contribution >= 0.6 is 11.3 Å². The summed E-state index contributed by atoms with van der Waals surface area (Å²) < 4.78 is 5.85. The lowest BCUT2D eigenvalue weighted by atomic mass is 9.90. The lowest BCUT2D eigenvalue weighted by molar-refractivity contribution is -0.121. The minimum atomic E-state index is -0.206. The molecule has 1 saturated carbocycles. The summed E-state index contributed by atoms with van der Waals surface area (Å²) in [5.74, 6) is 1.04. The highest BCUT2D eigenvalue weighted by Gasteiger charge is 2.28. The minimum absolute atomic E-state index is 0.0168. The second-order valence-electron chi connectivity index (χ2n) is 9.34. The maximum Gasteiger partial charge on any atom is 0.271 e. The van der Waals surface area contributed by atoms with Crippen molar-refractivity contribution in [3.8, 4) is 5.75 Å². The van der Waals surface area contributed by atoms with Crippen LogP contribution < -0.4 is 15.4 Å². The molecule has 0 saturated heterocycles. The van der Waals surface area contributed by atoms with E-state index >= 15 is 0 Å². The number of nitrogens with one attached hydrogen (secondary N) is 2. The predicted molar refractivity (Wildman–Crippen MR) is 139 cm³/mol. The molecule has 2 amide bonds. The van der Waals surface area contributed by atoms with Gasteiger partial charge in [0.2, 0.25) is 5.91 Å².